The standard InChI is InChI=1S/C39H56FN3O9/c1-39(2,3)52-38(47)42-31(21-40)25-11-13-26(14-12-25)36(45)43-18-17-30(24-9-7-6-8-10-24)34(43)35(44)41-28-15-16-32-27(19-28)20-33(51-32)37(46)50-29(22-48-4)23-49-5/h15-16,19-20,24-26,29-31,34H,6-14,17-18,21-23H2,1-5H3,(H,41,44)(H,42,47)/t25?,26?,30-,31+,34+/m0/s1. The molecular formula is C39H56FN3O9. The smallest absolute Gasteiger partial charge is 0.407 e. The summed E-state index contributed by atoms with van der Waals surface area (Å²) in [5.41, 5.74) is 0.309. The molecule has 0 bridgehead atoms. The van der Waals surface area contributed by atoms with Crippen LogP contribution in [0.1, 0.15) is 95.5 Å². The van der Waals surface area contributed by atoms with Crippen molar-refractivity contribution >= 4 is 40.5 Å². The molecule has 12 nitrogen and oxygen atoms in total. The number of nitrogens with one attached hydrogen (secondary N) is 2. The second kappa shape index (κ2) is 17.9. The predicted molar refractivity (Wildman–Crippen MR) is 193 cm³/mol. The number of rotatable bonds is 13. The topological polar surface area (TPSA) is 146 Å². The number of fused-ring (bicyclic) bond motifs is 1. The Labute approximate surface area is 305 Å². The number of alkyl halides is 1. The zero-order valence-corrected chi connectivity index (χ0v) is 31.2. The minimum Gasteiger partial charge on any atom is -0.452 e. The summed E-state index contributed by atoms with van der Waals surface area (Å²) in [4.78, 5) is 55.4. The van der Waals surface area contributed by atoms with Crippen molar-refractivity contribution in [2.75, 3.05) is 46.0 Å². The van der Waals surface area contributed by atoms with Crippen LogP contribution in [0.3, 0.4) is 0 Å². The van der Waals surface area contributed by atoms with E-state index in [1.807, 2.05) is 0 Å². The van der Waals surface area contributed by atoms with Crippen molar-refractivity contribution in [2.24, 2.45) is 23.7 Å². The number of hydrogen-bond acceptors (Lipinski definition) is 9. The molecule has 1 aromatic carbocycles. The van der Waals surface area contributed by atoms with Crippen LogP contribution in [-0.4, -0.2) is 93.2 Å². The lowest BCUT2D eigenvalue weighted by molar-refractivity contribution is -0.142. The Balaban J connectivity index is 1.26. The molecule has 2 heterocycles. The largest absolute Gasteiger partial charge is 0.452 e. The van der Waals surface area contributed by atoms with Gasteiger partial charge in [-0.2, -0.15) is 0 Å². The number of halogens is 1. The van der Waals surface area contributed by atoms with Gasteiger partial charge in [0.25, 0.3) is 0 Å². The Morgan fingerprint density at radius 1 is 0.942 bits per heavy atom. The van der Waals surface area contributed by atoms with Gasteiger partial charge in [0.15, 0.2) is 0 Å². The van der Waals surface area contributed by atoms with Crippen molar-refractivity contribution in [1.29, 1.82) is 0 Å². The van der Waals surface area contributed by atoms with Crippen LogP contribution in [0.5, 0.6) is 0 Å². The Morgan fingerprint density at radius 3 is 2.27 bits per heavy atom. The number of hydrogen-bond donors (Lipinski definition) is 2. The summed E-state index contributed by atoms with van der Waals surface area (Å²) in [5.74, 6) is -0.828. The van der Waals surface area contributed by atoms with E-state index in [1.165, 1.54) is 20.6 Å². The number of nitrogens with zero attached hydrogens (tertiary/aromatic N) is 1. The van der Waals surface area contributed by atoms with Gasteiger partial charge < -0.3 is 38.9 Å². The van der Waals surface area contributed by atoms with Crippen LogP contribution in [0.25, 0.3) is 11.0 Å². The molecule has 3 aliphatic rings. The summed E-state index contributed by atoms with van der Waals surface area (Å²) in [7, 11) is 3.02. The molecule has 52 heavy (non-hydrogen) atoms. The molecule has 13 heteroatoms. The van der Waals surface area contributed by atoms with Gasteiger partial charge in [-0.25, -0.2) is 14.0 Å². The number of methoxy groups -OCH3 is 2. The fourth-order valence-corrected chi connectivity index (χ4v) is 8.33. The maximum Gasteiger partial charge on any atom is 0.407 e. The number of alkyl carbamates (subject to hydrolysis) is 1. The van der Waals surface area contributed by atoms with Crippen LogP contribution in [0.2, 0.25) is 0 Å². The summed E-state index contributed by atoms with van der Waals surface area (Å²) < 4.78 is 40.9. The Kier molecular flexibility index (Phi) is 13.6. The lowest BCUT2D eigenvalue weighted by Crippen LogP contribution is -2.50. The first-order valence-electron chi connectivity index (χ1n) is 18.8. The molecule has 0 radical (unpaired) electrons. The normalized spacial score (nSPS) is 23.4. The van der Waals surface area contributed by atoms with Gasteiger partial charge >= 0.3 is 12.1 Å². The molecule has 3 amide bonds. The van der Waals surface area contributed by atoms with E-state index in [1.54, 1.807) is 49.9 Å². The second-order valence-electron chi connectivity index (χ2n) is 15.6. The Hall–Kier alpha value is -3.71. The number of benzene rings is 1. The third kappa shape index (κ3) is 10.0. The third-order valence-electron chi connectivity index (χ3n) is 10.8. The fraction of sp³-hybridized carbons (Fsp3) is 0.692. The van der Waals surface area contributed by atoms with E-state index in [4.69, 9.17) is 23.4 Å². The van der Waals surface area contributed by atoms with E-state index in [-0.39, 0.29) is 48.5 Å². The van der Waals surface area contributed by atoms with Crippen LogP contribution in [0, 0.1) is 23.7 Å². The highest BCUT2D eigenvalue weighted by Gasteiger charge is 2.47. The summed E-state index contributed by atoms with van der Waals surface area (Å²) in [6.45, 7) is 5.44. The summed E-state index contributed by atoms with van der Waals surface area (Å²) in [5, 5.41) is 6.39. The predicted octanol–water partition coefficient (Wildman–Crippen LogP) is 6.66. The average molecular weight is 730 g/mol. The molecule has 2 N–H and O–H groups in total. The Bertz CT molecular complexity index is 1520. The maximum absolute atomic E-state index is 14.2. The number of ether oxygens (including phenoxy) is 4. The second-order valence-corrected chi connectivity index (χ2v) is 15.6. The quantitative estimate of drug-likeness (QED) is 0.216. The molecule has 5 rings (SSSR count). The molecule has 0 spiro atoms. The van der Waals surface area contributed by atoms with Gasteiger partial charge in [-0.3, -0.25) is 9.59 Å². The lowest BCUT2D eigenvalue weighted by atomic mass is 9.76. The number of carbonyl (C=O) groups excluding carboxylic acids is 4. The molecule has 2 saturated carbocycles. The van der Waals surface area contributed by atoms with Crippen molar-refractivity contribution in [3.63, 3.8) is 0 Å². The highest BCUT2D eigenvalue weighted by molar-refractivity contribution is 6.00. The average Bonchev–Trinajstić information content (AvgIpc) is 3.75. The van der Waals surface area contributed by atoms with Gasteiger partial charge in [-0.15, -0.1) is 0 Å². The first kappa shape index (κ1) is 39.5. The minimum absolute atomic E-state index is 0.0220. The van der Waals surface area contributed by atoms with E-state index >= 15 is 0 Å². The minimum atomic E-state index is -0.709. The number of furan rings is 1. The molecule has 1 aromatic heterocycles. The highest BCUT2D eigenvalue weighted by Crippen LogP contribution is 2.41. The van der Waals surface area contributed by atoms with Gasteiger partial charge in [0.2, 0.25) is 17.6 Å². The van der Waals surface area contributed by atoms with Crippen molar-refractivity contribution < 1.29 is 46.9 Å². The lowest BCUT2D eigenvalue weighted by Gasteiger charge is -2.37. The van der Waals surface area contributed by atoms with Crippen molar-refractivity contribution in [2.45, 2.75) is 109 Å². The number of amides is 3. The SMILES string of the molecule is COCC(COC)OC(=O)c1cc2cc(NC(=O)[C@H]3[C@H](C4CCCCC4)CCN3C(=O)C3CCC([C@@H](CF)NC(=O)OC(C)(C)C)CC3)ccc2o1. The first-order chi connectivity index (χ1) is 24.9. The highest BCUT2D eigenvalue weighted by atomic mass is 19.1. The number of likely N-dealkylation sites (tertiary alicyclic amines) is 1. The molecule has 3 fully saturated rings. The molecule has 2 aliphatic carbocycles. The van der Waals surface area contributed by atoms with E-state index in [0.717, 1.165) is 32.1 Å². The third-order valence-corrected chi connectivity index (χ3v) is 10.8. The summed E-state index contributed by atoms with van der Waals surface area (Å²) in [6.07, 6.45) is 7.39. The van der Waals surface area contributed by atoms with Crippen LogP contribution >= 0.6 is 0 Å². The van der Waals surface area contributed by atoms with Crippen LogP contribution in [0.4, 0.5) is 14.9 Å². The maximum atomic E-state index is 14.2. The summed E-state index contributed by atoms with van der Waals surface area (Å²) >= 11 is 0. The molecule has 288 valence electrons. The van der Waals surface area contributed by atoms with Crippen molar-refractivity contribution in [3.05, 3.63) is 30.0 Å². The first-order valence-corrected chi connectivity index (χ1v) is 18.8. The Morgan fingerprint density at radius 2 is 1.63 bits per heavy atom. The van der Waals surface area contributed by atoms with Crippen molar-refractivity contribution in [1.82, 2.24) is 10.2 Å². The zero-order chi connectivity index (χ0) is 37.4. The van der Waals surface area contributed by atoms with Gasteiger partial charge in [0.05, 0.1) is 19.3 Å². The number of esters is 1. The van der Waals surface area contributed by atoms with Crippen molar-refractivity contribution in [3.8, 4) is 0 Å². The number of anilines is 1. The summed E-state index contributed by atoms with van der Waals surface area (Å²) in [6, 6.07) is 5.46. The van der Waals surface area contributed by atoms with Gasteiger partial charge in [0.1, 0.15) is 30.0 Å². The van der Waals surface area contributed by atoms with E-state index in [2.05, 4.69) is 10.6 Å². The van der Waals surface area contributed by atoms with Gasteiger partial charge in [-0.05, 0) is 94.9 Å². The molecule has 3 atom stereocenters. The number of carbonyl (C=O) groups is 4. The van der Waals surface area contributed by atoms with Crippen LogP contribution in [0.15, 0.2) is 28.7 Å². The van der Waals surface area contributed by atoms with E-state index in [0.29, 0.717) is 54.8 Å². The van der Waals surface area contributed by atoms with Crippen LogP contribution < -0.4 is 10.6 Å². The zero-order valence-electron chi connectivity index (χ0n) is 31.2. The molecule has 0 unspecified atom stereocenters. The van der Waals surface area contributed by atoms with Gasteiger partial charge in [-0.1, -0.05) is 32.1 Å². The fourth-order valence-electron chi connectivity index (χ4n) is 8.33. The molecule has 1 aliphatic heterocycles. The van der Waals surface area contributed by atoms with E-state index in [9.17, 15) is 23.6 Å². The van der Waals surface area contributed by atoms with Gasteiger partial charge in [0, 0.05) is 37.8 Å². The molecular weight excluding hydrogens is 673 g/mol. The molecule has 2 aromatic rings. The molecule has 1 saturated heterocycles. The van der Waals surface area contributed by atoms with E-state index < -0.39 is 42.5 Å². The monoisotopic (exact) mass is 729 g/mol. The van der Waals surface area contributed by atoms with Crippen LogP contribution in [-0.2, 0) is 28.5 Å².